The molecule has 0 N–H and O–H groups in total. The fourth-order valence-corrected chi connectivity index (χ4v) is 3.14. The van der Waals surface area contributed by atoms with Crippen molar-refractivity contribution in [2.75, 3.05) is 6.54 Å². The van der Waals surface area contributed by atoms with Gasteiger partial charge >= 0.3 is 0 Å². The molecule has 84 valence electrons. The molecule has 1 nitrogen and oxygen atoms in total. The van der Waals surface area contributed by atoms with Gasteiger partial charge in [-0.15, -0.1) is 0 Å². The molecule has 0 amide bonds. The lowest BCUT2D eigenvalue weighted by Gasteiger charge is -2.29. The standard InChI is InChI=1S/C14H23N/c1-14(2)9-5-7-13(14)12-6-3-4-10-15-11-8-12/h8,11,13H,3-7,9-10H2,1-2H3/b12-8+,15-11-. The van der Waals surface area contributed by atoms with Crippen molar-refractivity contribution in [2.45, 2.75) is 52.4 Å². The van der Waals surface area contributed by atoms with Crippen LogP contribution in [0.2, 0.25) is 0 Å². The van der Waals surface area contributed by atoms with E-state index in [1.165, 1.54) is 38.5 Å². The van der Waals surface area contributed by atoms with Crippen LogP contribution in [0.4, 0.5) is 0 Å². The van der Waals surface area contributed by atoms with Crippen LogP contribution in [-0.4, -0.2) is 12.8 Å². The summed E-state index contributed by atoms with van der Waals surface area (Å²) in [7, 11) is 0. The van der Waals surface area contributed by atoms with Gasteiger partial charge in [0, 0.05) is 12.8 Å². The van der Waals surface area contributed by atoms with Crippen molar-refractivity contribution in [3.63, 3.8) is 0 Å². The molecule has 0 aromatic heterocycles. The van der Waals surface area contributed by atoms with Crippen molar-refractivity contribution in [1.82, 2.24) is 0 Å². The fourth-order valence-electron chi connectivity index (χ4n) is 3.14. The minimum atomic E-state index is 0.527. The maximum Gasteiger partial charge on any atom is 0.0389 e. The lowest BCUT2D eigenvalue weighted by molar-refractivity contribution is 0.290. The Morgan fingerprint density at radius 1 is 1.27 bits per heavy atom. The molecule has 1 heteroatoms. The summed E-state index contributed by atoms with van der Waals surface area (Å²) in [6, 6.07) is 0. The Morgan fingerprint density at radius 3 is 2.87 bits per heavy atom. The summed E-state index contributed by atoms with van der Waals surface area (Å²) in [5, 5.41) is 0. The van der Waals surface area contributed by atoms with Gasteiger partial charge in [-0.3, -0.25) is 4.99 Å². The molecule has 1 fully saturated rings. The summed E-state index contributed by atoms with van der Waals surface area (Å²) in [5.74, 6) is 0.821. The van der Waals surface area contributed by atoms with E-state index < -0.39 is 0 Å². The normalized spacial score (nSPS) is 36.4. The third-order valence-electron chi connectivity index (χ3n) is 4.10. The quantitative estimate of drug-likeness (QED) is 0.613. The van der Waals surface area contributed by atoms with E-state index in [0.29, 0.717) is 5.41 Å². The van der Waals surface area contributed by atoms with Crippen molar-refractivity contribution < 1.29 is 0 Å². The van der Waals surface area contributed by atoms with E-state index in [9.17, 15) is 0 Å². The molecule has 0 saturated heterocycles. The van der Waals surface area contributed by atoms with Gasteiger partial charge < -0.3 is 0 Å². The molecule has 1 unspecified atom stereocenters. The second-order valence-electron chi connectivity index (χ2n) is 5.69. The van der Waals surface area contributed by atoms with Gasteiger partial charge in [0.15, 0.2) is 0 Å². The third-order valence-corrected chi connectivity index (χ3v) is 4.10. The minimum absolute atomic E-state index is 0.527. The largest absolute Gasteiger partial charge is 0.293 e. The summed E-state index contributed by atoms with van der Waals surface area (Å²) in [5.41, 5.74) is 2.19. The molecule has 0 bridgehead atoms. The summed E-state index contributed by atoms with van der Waals surface area (Å²) in [4.78, 5) is 4.40. The molecule has 1 aliphatic carbocycles. The van der Waals surface area contributed by atoms with E-state index in [1.54, 1.807) is 5.57 Å². The summed E-state index contributed by atoms with van der Waals surface area (Å²) in [6.07, 6.45) is 12.4. The highest BCUT2D eigenvalue weighted by atomic mass is 14.7. The Balaban J connectivity index is 2.13. The Labute approximate surface area is 93.7 Å². The maximum absolute atomic E-state index is 4.40. The minimum Gasteiger partial charge on any atom is -0.293 e. The fraction of sp³-hybridized carbons (Fsp3) is 0.786. The van der Waals surface area contributed by atoms with Crippen LogP contribution >= 0.6 is 0 Å². The molecule has 1 saturated carbocycles. The SMILES string of the molecule is CC1(C)CCCC1/C1=C/C=N\CCCC1. The van der Waals surface area contributed by atoms with E-state index in [4.69, 9.17) is 0 Å². The molecule has 0 spiro atoms. The summed E-state index contributed by atoms with van der Waals surface area (Å²) < 4.78 is 0. The predicted octanol–water partition coefficient (Wildman–Crippen LogP) is 3.99. The van der Waals surface area contributed by atoms with Gasteiger partial charge in [0.1, 0.15) is 0 Å². The molecule has 2 aliphatic rings. The molecular weight excluding hydrogens is 182 g/mol. The van der Waals surface area contributed by atoms with Gasteiger partial charge in [0.05, 0.1) is 0 Å². The van der Waals surface area contributed by atoms with Crippen LogP contribution in [0.1, 0.15) is 52.4 Å². The van der Waals surface area contributed by atoms with E-state index >= 15 is 0 Å². The Kier molecular flexibility index (Phi) is 3.28. The number of aliphatic imine (C=N–C) groups is 1. The monoisotopic (exact) mass is 205 g/mol. The van der Waals surface area contributed by atoms with Crippen LogP contribution in [0, 0.1) is 11.3 Å². The molecular formula is C14H23N. The highest BCUT2D eigenvalue weighted by Crippen LogP contribution is 2.47. The highest BCUT2D eigenvalue weighted by molar-refractivity contribution is 5.72. The van der Waals surface area contributed by atoms with Crippen molar-refractivity contribution >= 4 is 6.21 Å². The van der Waals surface area contributed by atoms with Gasteiger partial charge in [-0.2, -0.15) is 0 Å². The highest BCUT2D eigenvalue weighted by Gasteiger charge is 2.36. The topological polar surface area (TPSA) is 12.4 Å². The first-order valence-corrected chi connectivity index (χ1v) is 6.39. The van der Waals surface area contributed by atoms with Crippen LogP contribution in [0.15, 0.2) is 16.6 Å². The van der Waals surface area contributed by atoms with Crippen LogP contribution in [0.25, 0.3) is 0 Å². The first-order valence-electron chi connectivity index (χ1n) is 6.39. The van der Waals surface area contributed by atoms with Crippen molar-refractivity contribution in [1.29, 1.82) is 0 Å². The Hall–Kier alpha value is -0.590. The number of nitrogens with zero attached hydrogens (tertiary/aromatic N) is 1. The number of allylic oxidation sites excluding steroid dienone is 2. The van der Waals surface area contributed by atoms with Crippen LogP contribution in [-0.2, 0) is 0 Å². The molecule has 1 heterocycles. The van der Waals surface area contributed by atoms with E-state index in [1.807, 2.05) is 6.21 Å². The third kappa shape index (κ3) is 2.50. The predicted molar refractivity (Wildman–Crippen MR) is 66.4 cm³/mol. The van der Waals surface area contributed by atoms with E-state index in [2.05, 4.69) is 24.9 Å². The van der Waals surface area contributed by atoms with Gasteiger partial charge in [-0.25, -0.2) is 0 Å². The molecule has 0 radical (unpaired) electrons. The number of hydrogen-bond donors (Lipinski definition) is 0. The molecule has 0 aromatic carbocycles. The zero-order valence-electron chi connectivity index (χ0n) is 10.1. The second kappa shape index (κ2) is 4.51. The number of hydrogen-bond acceptors (Lipinski definition) is 1. The van der Waals surface area contributed by atoms with Crippen molar-refractivity contribution in [3.8, 4) is 0 Å². The molecule has 1 atom stereocenters. The first-order chi connectivity index (χ1) is 7.20. The lowest BCUT2D eigenvalue weighted by Crippen LogP contribution is -2.20. The van der Waals surface area contributed by atoms with E-state index in [-0.39, 0.29) is 0 Å². The average Bonchev–Trinajstić information content (AvgIpc) is 2.45. The smallest absolute Gasteiger partial charge is 0.0389 e. The summed E-state index contributed by atoms with van der Waals surface area (Å²) >= 11 is 0. The van der Waals surface area contributed by atoms with Crippen LogP contribution < -0.4 is 0 Å². The molecule has 15 heavy (non-hydrogen) atoms. The van der Waals surface area contributed by atoms with Gasteiger partial charge in [-0.05, 0) is 49.5 Å². The summed E-state index contributed by atoms with van der Waals surface area (Å²) in [6.45, 7) is 5.89. The van der Waals surface area contributed by atoms with E-state index in [0.717, 1.165) is 12.5 Å². The zero-order chi connectivity index (χ0) is 10.7. The molecule has 1 aliphatic heterocycles. The average molecular weight is 205 g/mol. The zero-order valence-corrected chi connectivity index (χ0v) is 10.1. The second-order valence-corrected chi connectivity index (χ2v) is 5.69. The number of rotatable bonds is 1. The maximum atomic E-state index is 4.40. The lowest BCUT2D eigenvalue weighted by atomic mass is 9.76. The van der Waals surface area contributed by atoms with Crippen molar-refractivity contribution in [2.24, 2.45) is 16.3 Å². The first kappa shape index (κ1) is 10.9. The van der Waals surface area contributed by atoms with Gasteiger partial charge in [-0.1, -0.05) is 25.8 Å². The van der Waals surface area contributed by atoms with Crippen LogP contribution in [0.5, 0.6) is 0 Å². The van der Waals surface area contributed by atoms with Gasteiger partial charge in [0.25, 0.3) is 0 Å². The van der Waals surface area contributed by atoms with Gasteiger partial charge in [0.2, 0.25) is 0 Å². The molecule has 0 aromatic rings. The van der Waals surface area contributed by atoms with Crippen LogP contribution in [0.3, 0.4) is 0 Å². The molecule has 2 rings (SSSR count). The van der Waals surface area contributed by atoms with Crippen molar-refractivity contribution in [3.05, 3.63) is 11.6 Å². The Morgan fingerprint density at radius 2 is 2.13 bits per heavy atom. The Bertz CT molecular complexity index is 273.